The fraction of sp³-hybridized carbons (Fsp3) is 0.143. The lowest BCUT2D eigenvalue weighted by atomic mass is 10.2. The zero-order valence-electron chi connectivity index (χ0n) is 15.6. The molecule has 8 heteroatoms. The van der Waals surface area contributed by atoms with E-state index < -0.39 is 15.1 Å². The fourth-order valence-electron chi connectivity index (χ4n) is 2.79. The van der Waals surface area contributed by atoms with E-state index in [-0.39, 0.29) is 17.3 Å². The van der Waals surface area contributed by atoms with Gasteiger partial charge in [-0.2, -0.15) is 0 Å². The summed E-state index contributed by atoms with van der Waals surface area (Å²) in [5.74, 6) is 0.243. The minimum Gasteiger partial charge on any atom is -0.497 e. The van der Waals surface area contributed by atoms with E-state index in [9.17, 15) is 13.2 Å². The Balaban J connectivity index is 1.86. The number of aromatic nitrogens is 1. The van der Waals surface area contributed by atoms with E-state index in [4.69, 9.17) is 16.3 Å². The molecule has 0 fully saturated rings. The van der Waals surface area contributed by atoms with Crippen LogP contribution in [0.3, 0.4) is 0 Å². The van der Waals surface area contributed by atoms with E-state index in [0.29, 0.717) is 21.9 Å². The number of benzene rings is 2. The Bertz CT molecular complexity index is 1070. The van der Waals surface area contributed by atoms with Crippen LogP contribution in [0.25, 0.3) is 0 Å². The molecule has 0 aliphatic heterocycles. The molecule has 1 atom stereocenters. The first-order chi connectivity index (χ1) is 13.9. The van der Waals surface area contributed by atoms with Crippen molar-refractivity contribution < 1.29 is 17.9 Å². The number of carbonyl (C=O) groups excluding carboxylic acids is 1. The molecule has 1 unspecified atom stereocenters. The van der Waals surface area contributed by atoms with Crippen LogP contribution in [0.4, 0.5) is 0 Å². The van der Waals surface area contributed by atoms with Crippen LogP contribution in [0.2, 0.25) is 5.02 Å². The lowest BCUT2D eigenvalue weighted by molar-refractivity contribution is 0.0953. The number of pyridine rings is 1. The maximum absolute atomic E-state index is 13.2. The first-order valence-electron chi connectivity index (χ1n) is 8.73. The van der Waals surface area contributed by atoms with E-state index >= 15 is 0 Å². The molecule has 0 bridgehead atoms. The van der Waals surface area contributed by atoms with Crippen LogP contribution in [0, 0.1) is 0 Å². The maximum Gasteiger partial charge on any atom is 0.251 e. The number of nitrogens with zero attached hydrogens (tertiary/aromatic N) is 1. The summed E-state index contributed by atoms with van der Waals surface area (Å²) in [5, 5.41) is 2.15. The molecule has 0 spiro atoms. The van der Waals surface area contributed by atoms with Gasteiger partial charge in [0, 0.05) is 29.5 Å². The van der Waals surface area contributed by atoms with Gasteiger partial charge in [0.15, 0.2) is 9.84 Å². The zero-order chi connectivity index (χ0) is 20.9. The quantitative estimate of drug-likeness (QED) is 0.617. The Morgan fingerprint density at radius 3 is 2.38 bits per heavy atom. The predicted octanol–water partition coefficient (Wildman–Crippen LogP) is 3.69. The van der Waals surface area contributed by atoms with Gasteiger partial charge in [0.05, 0.1) is 12.0 Å². The predicted molar refractivity (Wildman–Crippen MR) is 111 cm³/mol. The van der Waals surface area contributed by atoms with Gasteiger partial charge < -0.3 is 10.1 Å². The van der Waals surface area contributed by atoms with Crippen LogP contribution in [0.1, 0.15) is 21.2 Å². The minimum atomic E-state index is -3.79. The van der Waals surface area contributed by atoms with Crippen LogP contribution >= 0.6 is 11.6 Å². The van der Waals surface area contributed by atoms with Crippen molar-refractivity contribution in [1.82, 2.24) is 10.3 Å². The van der Waals surface area contributed by atoms with Crippen LogP contribution in [-0.2, 0) is 9.84 Å². The Morgan fingerprint density at radius 1 is 1.10 bits per heavy atom. The summed E-state index contributed by atoms with van der Waals surface area (Å²) in [6, 6.07) is 15.8. The lowest BCUT2D eigenvalue weighted by Crippen LogP contribution is -2.32. The highest BCUT2D eigenvalue weighted by Gasteiger charge is 2.30. The Morgan fingerprint density at radius 2 is 1.79 bits per heavy atom. The van der Waals surface area contributed by atoms with Crippen molar-refractivity contribution in [1.29, 1.82) is 0 Å². The average molecular weight is 431 g/mol. The van der Waals surface area contributed by atoms with Gasteiger partial charge in [-0.1, -0.05) is 17.7 Å². The summed E-state index contributed by atoms with van der Waals surface area (Å²) >= 11 is 5.88. The molecule has 0 saturated heterocycles. The van der Waals surface area contributed by atoms with Crippen LogP contribution in [0.15, 0.2) is 78.0 Å². The smallest absolute Gasteiger partial charge is 0.251 e. The average Bonchev–Trinajstić information content (AvgIpc) is 2.74. The van der Waals surface area contributed by atoms with Crippen LogP contribution < -0.4 is 10.1 Å². The van der Waals surface area contributed by atoms with Crippen molar-refractivity contribution in [2.24, 2.45) is 0 Å². The maximum atomic E-state index is 13.2. The molecule has 1 aromatic heterocycles. The number of rotatable bonds is 7. The van der Waals surface area contributed by atoms with Crippen LogP contribution in [-0.4, -0.2) is 33.0 Å². The third-order valence-corrected chi connectivity index (χ3v) is 6.74. The third kappa shape index (κ3) is 4.93. The number of hydrogen-bond donors (Lipinski definition) is 1. The number of ether oxygens (including phenoxy) is 1. The van der Waals surface area contributed by atoms with Gasteiger partial charge in [-0.05, 0) is 60.2 Å². The molecule has 6 nitrogen and oxygen atoms in total. The standard InChI is InChI=1S/C21H19ClN2O4S/c1-28-18-8-4-15(5-9-18)21(25)24-14-20(16-3-2-12-23-13-16)29(26,27)19-10-6-17(22)7-11-19/h2-13,20H,14H2,1H3,(H,24,25). The first-order valence-corrected chi connectivity index (χ1v) is 10.7. The van der Waals surface area contributed by atoms with Gasteiger partial charge in [-0.25, -0.2) is 8.42 Å². The zero-order valence-corrected chi connectivity index (χ0v) is 17.2. The molecule has 3 aromatic rings. The molecule has 150 valence electrons. The molecular formula is C21H19ClN2O4S. The summed E-state index contributed by atoms with van der Waals surface area (Å²) in [6.07, 6.45) is 3.04. The number of hydrogen-bond acceptors (Lipinski definition) is 5. The molecule has 0 radical (unpaired) electrons. The van der Waals surface area contributed by atoms with Crippen LogP contribution in [0.5, 0.6) is 5.75 Å². The summed E-state index contributed by atoms with van der Waals surface area (Å²) < 4.78 is 31.6. The summed E-state index contributed by atoms with van der Waals surface area (Å²) in [6.45, 7) is -0.110. The molecular weight excluding hydrogens is 412 g/mol. The summed E-state index contributed by atoms with van der Waals surface area (Å²) in [4.78, 5) is 16.6. The molecule has 2 aromatic carbocycles. The molecule has 0 aliphatic rings. The monoisotopic (exact) mass is 430 g/mol. The third-order valence-electron chi connectivity index (χ3n) is 4.37. The molecule has 1 amide bonds. The van der Waals surface area contributed by atoms with Crippen molar-refractivity contribution in [3.63, 3.8) is 0 Å². The number of methoxy groups -OCH3 is 1. The normalized spacial score (nSPS) is 12.2. The number of sulfone groups is 1. The SMILES string of the molecule is COc1ccc(C(=O)NCC(c2cccnc2)S(=O)(=O)c2ccc(Cl)cc2)cc1. The Labute approximate surface area is 174 Å². The van der Waals surface area contributed by atoms with Gasteiger partial charge in [-0.15, -0.1) is 0 Å². The van der Waals surface area contributed by atoms with E-state index in [1.54, 1.807) is 42.6 Å². The first kappa shape index (κ1) is 20.8. The van der Waals surface area contributed by atoms with Crippen molar-refractivity contribution in [2.45, 2.75) is 10.1 Å². The van der Waals surface area contributed by atoms with Crippen molar-refractivity contribution in [3.8, 4) is 5.75 Å². The Kier molecular flexibility index (Phi) is 6.51. The second-order valence-electron chi connectivity index (χ2n) is 6.21. The topological polar surface area (TPSA) is 85.4 Å². The van der Waals surface area contributed by atoms with Crippen molar-refractivity contribution in [3.05, 3.63) is 89.2 Å². The van der Waals surface area contributed by atoms with E-state index in [2.05, 4.69) is 10.3 Å². The largest absolute Gasteiger partial charge is 0.497 e. The number of carbonyl (C=O) groups is 1. The molecule has 1 heterocycles. The highest BCUT2D eigenvalue weighted by atomic mass is 35.5. The summed E-state index contributed by atoms with van der Waals surface area (Å²) in [7, 11) is -2.26. The summed E-state index contributed by atoms with van der Waals surface area (Å²) in [5.41, 5.74) is 0.886. The number of nitrogens with one attached hydrogen (secondary N) is 1. The van der Waals surface area contributed by atoms with Gasteiger partial charge in [0.2, 0.25) is 0 Å². The second-order valence-corrected chi connectivity index (χ2v) is 8.78. The molecule has 0 saturated carbocycles. The Hall–Kier alpha value is -2.90. The van der Waals surface area contributed by atoms with Crippen molar-refractivity contribution in [2.75, 3.05) is 13.7 Å². The minimum absolute atomic E-state index is 0.110. The van der Waals surface area contributed by atoms with E-state index in [0.717, 1.165) is 0 Å². The van der Waals surface area contributed by atoms with E-state index in [1.807, 2.05) is 0 Å². The van der Waals surface area contributed by atoms with Gasteiger partial charge in [0.1, 0.15) is 11.0 Å². The molecule has 29 heavy (non-hydrogen) atoms. The number of amides is 1. The second kappa shape index (κ2) is 9.07. The van der Waals surface area contributed by atoms with Gasteiger partial charge >= 0.3 is 0 Å². The van der Waals surface area contributed by atoms with Gasteiger partial charge in [0.25, 0.3) is 5.91 Å². The highest BCUT2D eigenvalue weighted by Crippen LogP contribution is 2.29. The molecule has 3 rings (SSSR count). The number of halogens is 1. The van der Waals surface area contributed by atoms with Gasteiger partial charge in [-0.3, -0.25) is 9.78 Å². The lowest BCUT2D eigenvalue weighted by Gasteiger charge is -2.19. The van der Waals surface area contributed by atoms with E-state index in [1.165, 1.54) is 37.6 Å². The fourth-order valence-corrected chi connectivity index (χ4v) is 4.56. The molecule has 1 N–H and O–H groups in total. The van der Waals surface area contributed by atoms with Crippen molar-refractivity contribution >= 4 is 27.3 Å². The molecule has 0 aliphatic carbocycles. The highest BCUT2D eigenvalue weighted by molar-refractivity contribution is 7.91.